The lowest BCUT2D eigenvalue weighted by atomic mass is 10.1. The van der Waals surface area contributed by atoms with Crippen molar-refractivity contribution in [2.45, 2.75) is 75.6 Å². The second-order valence-electron chi connectivity index (χ2n) is 7.10. The van der Waals surface area contributed by atoms with E-state index in [1.807, 2.05) is 11.8 Å². The lowest BCUT2D eigenvalue weighted by Crippen LogP contribution is -2.48. The fourth-order valence-corrected chi connectivity index (χ4v) is 10.7. The molecule has 118 valence electrons. The zero-order valence-electron chi connectivity index (χ0n) is 14.3. The van der Waals surface area contributed by atoms with Gasteiger partial charge in [-0.1, -0.05) is 59.7 Å². The van der Waals surface area contributed by atoms with Crippen LogP contribution >= 0.6 is 11.8 Å². The molecule has 2 rings (SSSR count). The largest absolute Gasteiger partial charge is 0.409 e. The average Bonchev–Trinajstić information content (AvgIpc) is 2.43. The maximum Gasteiger partial charge on any atom is 0.201 e. The SMILES string of the molecule is CC(C)[Si](O[C@@H]1CCSc2ccccc21)(C(C)C)C(C)C. The molecule has 0 aromatic heterocycles. The van der Waals surface area contributed by atoms with E-state index >= 15 is 0 Å². The van der Waals surface area contributed by atoms with Gasteiger partial charge in [0, 0.05) is 10.6 Å². The zero-order chi connectivity index (χ0) is 15.6. The number of fused-ring (bicyclic) bond motifs is 1. The van der Waals surface area contributed by atoms with E-state index in [-0.39, 0.29) is 0 Å². The van der Waals surface area contributed by atoms with E-state index in [0.29, 0.717) is 22.7 Å². The molecule has 0 amide bonds. The van der Waals surface area contributed by atoms with Crippen LogP contribution in [0, 0.1) is 0 Å². The van der Waals surface area contributed by atoms with E-state index in [1.54, 1.807) is 0 Å². The first-order valence-corrected chi connectivity index (χ1v) is 11.4. The summed E-state index contributed by atoms with van der Waals surface area (Å²) >= 11 is 1.98. The molecule has 0 saturated heterocycles. The molecule has 0 radical (unpaired) electrons. The summed E-state index contributed by atoms with van der Waals surface area (Å²) in [6.07, 6.45) is 1.46. The Bertz CT molecular complexity index is 448. The van der Waals surface area contributed by atoms with Crippen molar-refractivity contribution in [1.82, 2.24) is 0 Å². The van der Waals surface area contributed by atoms with Gasteiger partial charge in [0.15, 0.2) is 0 Å². The molecule has 1 atom stereocenters. The Morgan fingerprint density at radius 1 is 1.00 bits per heavy atom. The molecule has 0 N–H and O–H groups in total. The molecular formula is C18H30OSSi. The van der Waals surface area contributed by atoms with Crippen LogP contribution in [0.25, 0.3) is 0 Å². The summed E-state index contributed by atoms with van der Waals surface area (Å²) in [5.74, 6) is 1.18. The summed E-state index contributed by atoms with van der Waals surface area (Å²) in [6, 6.07) is 8.82. The first-order valence-electron chi connectivity index (χ1n) is 8.29. The van der Waals surface area contributed by atoms with E-state index < -0.39 is 8.32 Å². The smallest absolute Gasteiger partial charge is 0.201 e. The van der Waals surface area contributed by atoms with E-state index in [4.69, 9.17) is 4.43 Å². The molecule has 0 spiro atoms. The van der Waals surface area contributed by atoms with Crippen LogP contribution in [0.2, 0.25) is 16.6 Å². The van der Waals surface area contributed by atoms with Gasteiger partial charge in [-0.2, -0.15) is 0 Å². The molecule has 0 unspecified atom stereocenters. The number of thioether (sulfide) groups is 1. The van der Waals surface area contributed by atoms with Crippen LogP contribution in [0.3, 0.4) is 0 Å². The fraction of sp³-hybridized carbons (Fsp3) is 0.667. The zero-order valence-corrected chi connectivity index (χ0v) is 16.2. The van der Waals surface area contributed by atoms with Crippen LogP contribution in [0.4, 0.5) is 0 Å². The van der Waals surface area contributed by atoms with Gasteiger partial charge < -0.3 is 4.43 Å². The van der Waals surface area contributed by atoms with Crippen LogP contribution in [0.1, 0.15) is 59.6 Å². The summed E-state index contributed by atoms with van der Waals surface area (Å²) in [4.78, 5) is 1.42. The Morgan fingerprint density at radius 3 is 2.14 bits per heavy atom. The standard InChI is InChI=1S/C18H30OSSi/c1-13(2)21(14(3)4,15(5)6)19-17-11-12-20-18-10-8-7-9-16(17)18/h7-10,13-15,17H,11-12H2,1-6H3/t17-/m1/s1. The summed E-state index contributed by atoms with van der Waals surface area (Å²) in [5.41, 5.74) is 3.38. The first kappa shape index (κ1) is 17.1. The van der Waals surface area contributed by atoms with Gasteiger partial charge in [-0.15, -0.1) is 11.8 Å². The van der Waals surface area contributed by atoms with Crippen molar-refractivity contribution in [2.75, 3.05) is 5.75 Å². The summed E-state index contributed by atoms with van der Waals surface area (Å²) in [5, 5.41) is 0. The highest BCUT2D eigenvalue weighted by Gasteiger charge is 2.47. The molecule has 0 saturated carbocycles. The molecule has 21 heavy (non-hydrogen) atoms. The molecule has 1 aromatic rings. The lowest BCUT2D eigenvalue weighted by molar-refractivity contribution is 0.168. The van der Waals surface area contributed by atoms with Crippen LogP contribution in [0.5, 0.6) is 0 Å². The van der Waals surface area contributed by atoms with Crippen molar-refractivity contribution in [3.8, 4) is 0 Å². The third kappa shape index (κ3) is 3.25. The third-order valence-electron chi connectivity index (χ3n) is 4.96. The molecule has 0 aliphatic carbocycles. The monoisotopic (exact) mass is 322 g/mol. The Balaban J connectivity index is 2.34. The van der Waals surface area contributed by atoms with Crippen LogP contribution in [-0.2, 0) is 4.43 Å². The minimum Gasteiger partial charge on any atom is -0.409 e. The van der Waals surface area contributed by atoms with Crippen molar-refractivity contribution < 1.29 is 4.43 Å². The van der Waals surface area contributed by atoms with Crippen molar-refractivity contribution in [3.05, 3.63) is 29.8 Å². The molecule has 1 aliphatic heterocycles. The van der Waals surface area contributed by atoms with Gasteiger partial charge in [0.2, 0.25) is 8.32 Å². The van der Waals surface area contributed by atoms with Crippen molar-refractivity contribution in [2.24, 2.45) is 0 Å². The molecule has 1 aliphatic rings. The number of benzene rings is 1. The van der Waals surface area contributed by atoms with Crippen LogP contribution in [0.15, 0.2) is 29.2 Å². The van der Waals surface area contributed by atoms with Crippen molar-refractivity contribution in [3.63, 3.8) is 0 Å². The molecule has 1 aromatic carbocycles. The number of hydrogen-bond donors (Lipinski definition) is 0. The quantitative estimate of drug-likeness (QED) is 0.579. The second kappa shape index (κ2) is 6.89. The van der Waals surface area contributed by atoms with Gasteiger partial charge in [-0.3, -0.25) is 0 Å². The topological polar surface area (TPSA) is 9.23 Å². The fourth-order valence-electron chi connectivity index (χ4n) is 4.09. The molecule has 3 heteroatoms. The van der Waals surface area contributed by atoms with Crippen LogP contribution < -0.4 is 0 Å². The van der Waals surface area contributed by atoms with Gasteiger partial charge >= 0.3 is 0 Å². The summed E-state index contributed by atoms with van der Waals surface area (Å²) < 4.78 is 7.02. The van der Waals surface area contributed by atoms with E-state index in [9.17, 15) is 0 Å². The average molecular weight is 323 g/mol. The van der Waals surface area contributed by atoms with Gasteiger partial charge in [0.25, 0.3) is 0 Å². The van der Waals surface area contributed by atoms with Gasteiger partial charge in [0.05, 0.1) is 6.10 Å². The van der Waals surface area contributed by atoms with E-state index in [1.165, 1.54) is 16.2 Å². The Morgan fingerprint density at radius 2 is 1.57 bits per heavy atom. The Kier molecular flexibility index (Phi) is 5.61. The second-order valence-corrected chi connectivity index (χ2v) is 13.6. The van der Waals surface area contributed by atoms with Gasteiger partial charge in [-0.05, 0) is 34.7 Å². The predicted octanol–water partition coefficient (Wildman–Crippen LogP) is 6.42. The van der Waals surface area contributed by atoms with Crippen molar-refractivity contribution in [1.29, 1.82) is 0 Å². The Labute approximate surface area is 136 Å². The molecule has 1 nitrogen and oxygen atoms in total. The highest BCUT2D eigenvalue weighted by Crippen LogP contribution is 2.48. The number of rotatable bonds is 5. The number of hydrogen-bond acceptors (Lipinski definition) is 2. The minimum absolute atomic E-state index is 0.307. The Hall–Kier alpha value is -0.253. The summed E-state index contributed by atoms with van der Waals surface area (Å²) in [6.45, 7) is 14.2. The highest BCUT2D eigenvalue weighted by atomic mass is 32.2. The van der Waals surface area contributed by atoms with Gasteiger partial charge in [-0.25, -0.2) is 0 Å². The van der Waals surface area contributed by atoms with E-state index in [2.05, 4.69) is 65.8 Å². The highest BCUT2D eigenvalue weighted by molar-refractivity contribution is 7.99. The maximum absolute atomic E-state index is 7.02. The maximum atomic E-state index is 7.02. The molecular weight excluding hydrogens is 292 g/mol. The molecule has 0 bridgehead atoms. The van der Waals surface area contributed by atoms with Crippen molar-refractivity contribution >= 4 is 20.1 Å². The van der Waals surface area contributed by atoms with Crippen LogP contribution in [-0.4, -0.2) is 14.1 Å². The third-order valence-corrected chi connectivity index (χ3v) is 12.2. The first-order chi connectivity index (χ1) is 9.89. The summed E-state index contributed by atoms with van der Waals surface area (Å²) in [7, 11) is -1.79. The van der Waals surface area contributed by atoms with E-state index in [0.717, 1.165) is 6.42 Å². The molecule has 1 heterocycles. The minimum atomic E-state index is -1.79. The lowest BCUT2D eigenvalue weighted by Gasteiger charge is -2.45. The predicted molar refractivity (Wildman–Crippen MR) is 96.7 cm³/mol. The molecule has 0 fully saturated rings. The normalized spacial score (nSPS) is 19.4. The van der Waals surface area contributed by atoms with Gasteiger partial charge in [0.1, 0.15) is 0 Å².